The quantitative estimate of drug-likeness (QED) is 0.408. The highest BCUT2D eigenvalue weighted by molar-refractivity contribution is 5.96. The van der Waals surface area contributed by atoms with E-state index in [-0.39, 0.29) is 29.2 Å². The van der Waals surface area contributed by atoms with Gasteiger partial charge in [-0.25, -0.2) is 0 Å². The fourth-order valence-electron chi connectivity index (χ4n) is 3.83. The number of hydrogen-bond donors (Lipinski definition) is 0. The lowest BCUT2D eigenvalue weighted by atomic mass is 9.57. The molecule has 1 saturated heterocycles. The van der Waals surface area contributed by atoms with Crippen molar-refractivity contribution < 1.29 is 14.3 Å². The van der Waals surface area contributed by atoms with E-state index in [2.05, 4.69) is 0 Å². The summed E-state index contributed by atoms with van der Waals surface area (Å²) in [6.07, 6.45) is 4.39. The summed E-state index contributed by atoms with van der Waals surface area (Å²) in [5.74, 6) is -0.289. The van der Waals surface area contributed by atoms with E-state index in [1.807, 2.05) is 0 Å². The number of carbonyl (C=O) groups is 2. The van der Waals surface area contributed by atoms with E-state index in [1.165, 1.54) is 12.8 Å². The molecule has 1 heterocycles. The first kappa shape index (κ1) is 6.57. The van der Waals surface area contributed by atoms with Crippen molar-refractivity contribution in [2.75, 3.05) is 0 Å². The minimum atomic E-state index is -0.253. The highest BCUT2D eigenvalue weighted by atomic mass is 16.6. The van der Waals surface area contributed by atoms with Crippen molar-refractivity contribution in [1.82, 2.24) is 0 Å². The molecule has 4 aliphatic rings. The lowest BCUT2D eigenvalue weighted by molar-refractivity contribution is -0.184. The molecule has 0 aromatic heterocycles. The van der Waals surface area contributed by atoms with Crippen molar-refractivity contribution in [1.29, 1.82) is 0 Å². The molecule has 3 nitrogen and oxygen atoms in total. The summed E-state index contributed by atoms with van der Waals surface area (Å²) >= 11 is 0. The Morgan fingerprint density at radius 2 is 2.00 bits per heavy atom. The van der Waals surface area contributed by atoms with Gasteiger partial charge in [-0.05, 0) is 36.5 Å². The van der Waals surface area contributed by atoms with Crippen LogP contribution >= 0.6 is 0 Å². The van der Waals surface area contributed by atoms with Crippen LogP contribution in [0.15, 0.2) is 0 Å². The van der Waals surface area contributed by atoms with Crippen LogP contribution in [0.1, 0.15) is 25.7 Å². The Labute approximate surface area is 75.4 Å². The average Bonchev–Trinajstić information content (AvgIpc) is 2.83. The standard InChI is InChI=1S/C10H10O3/c11-7-5-3-10(5)4-9(1-2-9)6(10)8(12)13-7/h5-6H,1-4H2. The third-order valence-corrected chi connectivity index (χ3v) is 4.60. The summed E-state index contributed by atoms with van der Waals surface area (Å²) in [6, 6.07) is 0. The van der Waals surface area contributed by atoms with Gasteiger partial charge in [0.2, 0.25) is 0 Å². The second-order valence-corrected chi connectivity index (χ2v) is 5.20. The van der Waals surface area contributed by atoms with Crippen LogP contribution in [0.2, 0.25) is 0 Å². The molecule has 3 aliphatic carbocycles. The number of cyclic esters (lactones) is 2. The van der Waals surface area contributed by atoms with Crippen LogP contribution in [0, 0.1) is 22.7 Å². The summed E-state index contributed by atoms with van der Waals surface area (Å²) in [7, 11) is 0. The normalized spacial score (nSPS) is 53.2. The maximum absolute atomic E-state index is 11.5. The van der Waals surface area contributed by atoms with Crippen molar-refractivity contribution in [3.05, 3.63) is 0 Å². The molecule has 0 amide bonds. The zero-order valence-electron chi connectivity index (χ0n) is 7.21. The van der Waals surface area contributed by atoms with Crippen molar-refractivity contribution in [3.63, 3.8) is 0 Å². The van der Waals surface area contributed by atoms with Crippen LogP contribution in [0.25, 0.3) is 0 Å². The van der Waals surface area contributed by atoms with Gasteiger partial charge >= 0.3 is 11.9 Å². The van der Waals surface area contributed by atoms with Gasteiger partial charge < -0.3 is 4.74 Å². The van der Waals surface area contributed by atoms with Crippen molar-refractivity contribution in [3.8, 4) is 0 Å². The number of esters is 2. The highest BCUT2D eigenvalue weighted by Gasteiger charge is 2.83. The number of ether oxygens (including phenoxy) is 1. The van der Waals surface area contributed by atoms with Gasteiger partial charge in [-0.2, -0.15) is 0 Å². The van der Waals surface area contributed by atoms with Crippen molar-refractivity contribution >= 4 is 11.9 Å². The Morgan fingerprint density at radius 3 is 2.69 bits per heavy atom. The smallest absolute Gasteiger partial charge is 0.317 e. The largest absolute Gasteiger partial charge is 0.393 e. The van der Waals surface area contributed by atoms with Crippen LogP contribution in [-0.2, 0) is 14.3 Å². The average molecular weight is 178 g/mol. The summed E-state index contributed by atoms with van der Waals surface area (Å²) in [5.41, 5.74) is 0.398. The molecule has 4 fully saturated rings. The maximum Gasteiger partial charge on any atom is 0.317 e. The SMILES string of the molecule is O=C1OC(=O)C2C3(CC3)CC23CC13. The second-order valence-electron chi connectivity index (χ2n) is 5.20. The number of carbonyl (C=O) groups excluding carboxylic acids is 2. The molecular weight excluding hydrogens is 168 g/mol. The zero-order valence-corrected chi connectivity index (χ0v) is 7.21. The van der Waals surface area contributed by atoms with Gasteiger partial charge in [0.25, 0.3) is 0 Å². The van der Waals surface area contributed by atoms with Crippen LogP contribution < -0.4 is 0 Å². The predicted molar refractivity (Wildman–Crippen MR) is 41.4 cm³/mol. The monoisotopic (exact) mass is 178 g/mol. The molecule has 2 spiro atoms. The molecule has 0 aromatic rings. The Morgan fingerprint density at radius 1 is 1.23 bits per heavy atom. The molecule has 3 heteroatoms. The zero-order chi connectivity index (χ0) is 8.84. The lowest BCUT2D eigenvalue weighted by Gasteiger charge is -2.47. The van der Waals surface area contributed by atoms with Gasteiger partial charge in [0.05, 0.1) is 11.8 Å². The molecule has 0 radical (unpaired) electrons. The predicted octanol–water partition coefficient (Wildman–Crippen LogP) is 0.876. The Kier molecular flexibility index (Phi) is 0.731. The topological polar surface area (TPSA) is 43.4 Å². The van der Waals surface area contributed by atoms with E-state index in [9.17, 15) is 9.59 Å². The third-order valence-electron chi connectivity index (χ3n) is 4.60. The van der Waals surface area contributed by atoms with Gasteiger partial charge in [-0.15, -0.1) is 0 Å². The molecule has 0 aromatic carbocycles. The molecule has 68 valence electrons. The maximum atomic E-state index is 11.5. The summed E-state index contributed by atoms with van der Waals surface area (Å²) in [4.78, 5) is 22.7. The van der Waals surface area contributed by atoms with Crippen molar-refractivity contribution in [2.24, 2.45) is 22.7 Å². The fourth-order valence-corrected chi connectivity index (χ4v) is 3.83. The van der Waals surface area contributed by atoms with Crippen LogP contribution in [-0.4, -0.2) is 11.9 Å². The number of fused-ring (bicyclic) bond motifs is 1. The first-order valence-corrected chi connectivity index (χ1v) is 4.94. The van der Waals surface area contributed by atoms with E-state index in [0.29, 0.717) is 5.41 Å². The van der Waals surface area contributed by atoms with Gasteiger partial charge in [-0.1, -0.05) is 0 Å². The van der Waals surface area contributed by atoms with Gasteiger partial charge in [0.1, 0.15) is 0 Å². The lowest BCUT2D eigenvalue weighted by Crippen LogP contribution is -2.51. The molecule has 13 heavy (non-hydrogen) atoms. The van der Waals surface area contributed by atoms with E-state index < -0.39 is 0 Å². The second kappa shape index (κ2) is 1.45. The molecular formula is C10H10O3. The minimum absolute atomic E-state index is 0.0847. The third kappa shape index (κ3) is 0.500. The summed E-state index contributed by atoms with van der Waals surface area (Å²) < 4.78 is 4.77. The molecule has 3 saturated carbocycles. The highest BCUT2D eigenvalue weighted by Crippen LogP contribution is 2.84. The molecule has 0 bridgehead atoms. The van der Waals surface area contributed by atoms with Crippen LogP contribution in [0.3, 0.4) is 0 Å². The van der Waals surface area contributed by atoms with Crippen LogP contribution in [0.5, 0.6) is 0 Å². The number of hydrogen-bond acceptors (Lipinski definition) is 3. The summed E-state index contributed by atoms with van der Waals surface area (Å²) in [5, 5.41) is 0. The van der Waals surface area contributed by atoms with Gasteiger partial charge in [0, 0.05) is 0 Å². The molecule has 3 atom stereocenters. The fraction of sp³-hybridized carbons (Fsp3) is 0.800. The summed E-state index contributed by atoms with van der Waals surface area (Å²) in [6.45, 7) is 0. The molecule has 1 aliphatic heterocycles. The van der Waals surface area contributed by atoms with E-state index in [0.717, 1.165) is 12.8 Å². The minimum Gasteiger partial charge on any atom is -0.393 e. The van der Waals surface area contributed by atoms with E-state index in [1.54, 1.807) is 0 Å². The Balaban J connectivity index is 1.79. The first-order valence-electron chi connectivity index (χ1n) is 4.94. The van der Waals surface area contributed by atoms with E-state index in [4.69, 9.17) is 4.74 Å². The number of rotatable bonds is 0. The van der Waals surface area contributed by atoms with Crippen molar-refractivity contribution in [2.45, 2.75) is 25.7 Å². The first-order chi connectivity index (χ1) is 6.18. The Bertz CT molecular complexity index is 355. The van der Waals surface area contributed by atoms with E-state index >= 15 is 0 Å². The van der Waals surface area contributed by atoms with Crippen LogP contribution in [0.4, 0.5) is 0 Å². The Hall–Kier alpha value is -0.860. The molecule has 3 unspecified atom stereocenters. The molecule has 0 N–H and O–H groups in total. The molecule has 4 rings (SSSR count). The van der Waals surface area contributed by atoms with Gasteiger partial charge in [0.15, 0.2) is 0 Å². The van der Waals surface area contributed by atoms with Gasteiger partial charge in [-0.3, -0.25) is 9.59 Å².